The van der Waals surface area contributed by atoms with Crippen molar-refractivity contribution in [1.82, 2.24) is 10.2 Å². The van der Waals surface area contributed by atoms with Gasteiger partial charge in [0.2, 0.25) is 11.8 Å². The van der Waals surface area contributed by atoms with Crippen LogP contribution in [0.3, 0.4) is 0 Å². The number of carbonyl (C=O) groups excluding carboxylic acids is 2. The van der Waals surface area contributed by atoms with Crippen molar-refractivity contribution in [3.05, 3.63) is 35.9 Å². The number of nitrogens with zero attached hydrogens (tertiary/aromatic N) is 1. The molecule has 2 rings (SSSR count). The van der Waals surface area contributed by atoms with E-state index in [4.69, 9.17) is 4.74 Å². The molecule has 0 atom stereocenters. The first-order chi connectivity index (χ1) is 11.4. The minimum Gasteiger partial charge on any atom is -0.373 e. The van der Waals surface area contributed by atoms with Gasteiger partial charge in [-0.15, -0.1) is 0 Å². The first-order valence-corrected chi connectivity index (χ1v) is 8.58. The summed E-state index contributed by atoms with van der Waals surface area (Å²) >= 11 is 0. The lowest BCUT2D eigenvalue weighted by atomic mass is 9.96. The number of carbonyl (C=O) groups is 2. The Labute approximate surface area is 144 Å². The zero-order chi connectivity index (χ0) is 17.6. The number of amides is 2. The van der Waals surface area contributed by atoms with Crippen molar-refractivity contribution in [2.45, 2.75) is 46.3 Å². The van der Waals surface area contributed by atoms with Gasteiger partial charge in [0, 0.05) is 18.5 Å². The fourth-order valence-corrected chi connectivity index (χ4v) is 2.59. The van der Waals surface area contributed by atoms with E-state index < -0.39 is 5.41 Å². The number of ether oxygens (including phenoxy) is 1. The monoisotopic (exact) mass is 332 g/mol. The topological polar surface area (TPSA) is 58.6 Å². The highest BCUT2D eigenvalue weighted by Crippen LogP contribution is 2.16. The van der Waals surface area contributed by atoms with Gasteiger partial charge in [-0.3, -0.25) is 9.59 Å². The minimum atomic E-state index is -0.474. The molecule has 2 amide bonds. The highest BCUT2D eigenvalue weighted by molar-refractivity contribution is 5.87. The van der Waals surface area contributed by atoms with Gasteiger partial charge in [-0.05, 0) is 18.4 Å². The highest BCUT2D eigenvalue weighted by Gasteiger charge is 2.25. The highest BCUT2D eigenvalue weighted by atomic mass is 16.5. The second-order valence-corrected chi connectivity index (χ2v) is 7.31. The lowest BCUT2D eigenvalue weighted by Gasteiger charge is -2.32. The average Bonchev–Trinajstić information content (AvgIpc) is 2.58. The van der Waals surface area contributed by atoms with Gasteiger partial charge < -0.3 is 15.0 Å². The van der Waals surface area contributed by atoms with Gasteiger partial charge in [0.25, 0.3) is 0 Å². The van der Waals surface area contributed by atoms with Crippen LogP contribution in [0.25, 0.3) is 0 Å². The molecule has 1 aliphatic rings. The summed E-state index contributed by atoms with van der Waals surface area (Å²) in [4.78, 5) is 25.8. The summed E-state index contributed by atoms with van der Waals surface area (Å²) in [7, 11) is 0. The van der Waals surface area contributed by atoms with Crippen molar-refractivity contribution in [2.75, 3.05) is 19.6 Å². The quantitative estimate of drug-likeness (QED) is 0.900. The van der Waals surface area contributed by atoms with Crippen molar-refractivity contribution in [2.24, 2.45) is 5.41 Å². The van der Waals surface area contributed by atoms with Crippen LogP contribution in [-0.4, -0.2) is 42.5 Å². The van der Waals surface area contributed by atoms with Crippen LogP contribution < -0.4 is 5.32 Å². The molecule has 1 aromatic rings. The Morgan fingerprint density at radius 1 is 1.17 bits per heavy atom. The average molecular weight is 332 g/mol. The molecule has 0 unspecified atom stereocenters. The molecule has 5 nitrogen and oxygen atoms in total. The van der Waals surface area contributed by atoms with Gasteiger partial charge in [0.15, 0.2) is 0 Å². The Balaban J connectivity index is 1.68. The number of piperidine rings is 1. The Bertz CT molecular complexity index is 543. The Kier molecular flexibility index (Phi) is 6.37. The first-order valence-electron chi connectivity index (χ1n) is 8.58. The summed E-state index contributed by atoms with van der Waals surface area (Å²) in [6, 6.07) is 10.1. The molecule has 0 radical (unpaired) electrons. The van der Waals surface area contributed by atoms with Crippen LogP contribution in [0.15, 0.2) is 30.3 Å². The normalized spacial score (nSPS) is 16.0. The van der Waals surface area contributed by atoms with Gasteiger partial charge in [-0.2, -0.15) is 0 Å². The number of hydrogen-bond donors (Lipinski definition) is 1. The Hall–Kier alpha value is -1.88. The molecule has 1 saturated heterocycles. The molecule has 1 fully saturated rings. The van der Waals surface area contributed by atoms with Crippen LogP contribution in [0.2, 0.25) is 0 Å². The summed E-state index contributed by atoms with van der Waals surface area (Å²) in [5.74, 6) is -0.119. The van der Waals surface area contributed by atoms with Crippen molar-refractivity contribution >= 4 is 11.8 Å². The van der Waals surface area contributed by atoms with E-state index in [1.54, 1.807) is 0 Å². The van der Waals surface area contributed by atoms with E-state index in [-0.39, 0.29) is 24.5 Å². The molecule has 5 heteroatoms. The molecule has 132 valence electrons. The molecule has 1 aromatic carbocycles. The predicted molar refractivity (Wildman–Crippen MR) is 93.3 cm³/mol. The van der Waals surface area contributed by atoms with E-state index in [2.05, 4.69) is 17.4 Å². The molecule has 1 N–H and O–H groups in total. The minimum absolute atomic E-state index is 0.0193. The van der Waals surface area contributed by atoms with E-state index in [0.717, 1.165) is 12.8 Å². The van der Waals surface area contributed by atoms with E-state index in [1.807, 2.05) is 43.9 Å². The molecular weight excluding hydrogens is 304 g/mol. The fourth-order valence-electron chi connectivity index (χ4n) is 2.59. The van der Waals surface area contributed by atoms with Crippen LogP contribution in [0.4, 0.5) is 0 Å². The van der Waals surface area contributed by atoms with Crippen LogP contribution in [0.1, 0.15) is 39.2 Å². The molecule has 24 heavy (non-hydrogen) atoms. The summed E-state index contributed by atoms with van der Waals surface area (Å²) in [6.45, 7) is 7.56. The number of nitrogens with one attached hydrogen (secondary N) is 1. The van der Waals surface area contributed by atoms with Crippen LogP contribution in [0, 0.1) is 5.41 Å². The van der Waals surface area contributed by atoms with Gasteiger partial charge >= 0.3 is 0 Å². The second kappa shape index (κ2) is 8.29. The van der Waals surface area contributed by atoms with E-state index >= 15 is 0 Å². The van der Waals surface area contributed by atoms with E-state index in [9.17, 15) is 9.59 Å². The van der Waals surface area contributed by atoms with Crippen molar-refractivity contribution < 1.29 is 14.3 Å². The summed E-state index contributed by atoms with van der Waals surface area (Å²) in [6.07, 6.45) is 1.87. The molecule has 0 bridgehead atoms. The largest absolute Gasteiger partial charge is 0.373 e. The molecule has 1 heterocycles. The molecule has 0 aromatic heterocycles. The summed E-state index contributed by atoms with van der Waals surface area (Å²) in [5.41, 5.74) is 0.694. The Morgan fingerprint density at radius 3 is 2.38 bits per heavy atom. The molecule has 0 aliphatic carbocycles. The lowest BCUT2D eigenvalue weighted by Crippen LogP contribution is -2.47. The summed E-state index contributed by atoms with van der Waals surface area (Å²) in [5, 5.41) is 2.72. The summed E-state index contributed by atoms with van der Waals surface area (Å²) < 4.78 is 5.93. The van der Waals surface area contributed by atoms with Gasteiger partial charge in [-0.1, -0.05) is 51.1 Å². The number of hydrogen-bond acceptors (Lipinski definition) is 3. The third kappa shape index (κ3) is 5.64. The SMILES string of the molecule is CC(C)(C)C(=O)NCC(=O)N1CCC(OCc2ccccc2)CC1. The number of benzene rings is 1. The van der Waals surface area contributed by atoms with Gasteiger partial charge in [-0.25, -0.2) is 0 Å². The third-order valence-electron chi connectivity index (χ3n) is 4.20. The lowest BCUT2D eigenvalue weighted by molar-refractivity contribution is -0.137. The van der Waals surface area contributed by atoms with Crippen molar-refractivity contribution in [1.29, 1.82) is 0 Å². The van der Waals surface area contributed by atoms with E-state index in [1.165, 1.54) is 5.56 Å². The maximum absolute atomic E-state index is 12.2. The zero-order valence-electron chi connectivity index (χ0n) is 14.9. The van der Waals surface area contributed by atoms with Crippen LogP contribution >= 0.6 is 0 Å². The standard InChI is InChI=1S/C19H28N2O3/c1-19(2,3)18(23)20-13-17(22)21-11-9-16(10-12-21)24-14-15-7-5-4-6-8-15/h4-8,16H,9-14H2,1-3H3,(H,20,23). The molecule has 0 saturated carbocycles. The van der Waals surface area contributed by atoms with Crippen LogP contribution in [-0.2, 0) is 20.9 Å². The maximum Gasteiger partial charge on any atom is 0.241 e. The molecular formula is C19H28N2O3. The predicted octanol–water partition coefficient (Wildman–Crippen LogP) is 2.36. The first kappa shape index (κ1) is 18.5. The zero-order valence-corrected chi connectivity index (χ0v) is 14.9. The molecule has 0 spiro atoms. The number of likely N-dealkylation sites (tertiary alicyclic amines) is 1. The third-order valence-corrected chi connectivity index (χ3v) is 4.20. The van der Waals surface area contributed by atoms with Gasteiger partial charge in [0.1, 0.15) is 0 Å². The maximum atomic E-state index is 12.2. The fraction of sp³-hybridized carbons (Fsp3) is 0.579. The Morgan fingerprint density at radius 2 is 1.79 bits per heavy atom. The van der Waals surface area contributed by atoms with Crippen molar-refractivity contribution in [3.63, 3.8) is 0 Å². The number of rotatable bonds is 5. The molecule has 1 aliphatic heterocycles. The van der Waals surface area contributed by atoms with Crippen LogP contribution in [0.5, 0.6) is 0 Å². The van der Waals surface area contributed by atoms with Crippen molar-refractivity contribution in [3.8, 4) is 0 Å². The van der Waals surface area contributed by atoms with E-state index in [0.29, 0.717) is 19.7 Å². The second-order valence-electron chi connectivity index (χ2n) is 7.31. The smallest absolute Gasteiger partial charge is 0.241 e. The van der Waals surface area contributed by atoms with Gasteiger partial charge in [0.05, 0.1) is 19.3 Å².